The third-order valence-electron chi connectivity index (χ3n) is 4.32. The first-order valence-electron chi connectivity index (χ1n) is 8.86. The second kappa shape index (κ2) is 9.27. The number of aryl methyl sites for hydroxylation is 1. The van der Waals surface area contributed by atoms with Crippen molar-refractivity contribution >= 4 is 28.9 Å². The fraction of sp³-hybridized carbons (Fsp3) is 0.143. The molecule has 0 aliphatic heterocycles. The molecule has 0 spiro atoms. The van der Waals surface area contributed by atoms with Crippen LogP contribution in [0, 0.1) is 22.9 Å². The number of hydrogen-bond donors (Lipinski definition) is 1. The molecular weight excluding hydrogens is 411 g/mol. The molecule has 1 heterocycles. The van der Waals surface area contributed by atoms with Crippen molar-refractivity contribution in [2.45, 2.75) is 13.0 Å². The highest BCUT2D eigenvalue weighted by Crippen LogP contribution is 2.26. The summed E-state index contributed by atoms with van der Waals surface area (Å²) in [6.45, 7) is 0.929. The first-order chi connectivity index (χ1) is 14.4. The lowest BCUT2D eigenvalue weighted by Gasteiger charge is -2.18. The second-order valence-corrected chi connectivity index (χ2v) is 7.35. The topological polar surface area (TPSA) is 98.5 Å². The normalized spacial score (nSPS) is 11.5. The van der Waals surface area contributed by atoms with Crippen molar-refractivity contribution in [2.75, 3.05) is 6.61 Å². The number of halogens is 1. The molecule has 0 saturated carbocycles. The Morgan fingerprint density at radius 1 is 1.17 bits per heavy atom. The van der Waals surface area contributed by atoms with Crippen LogP contribution in [0.1, 0.15) is 32.4 Å². The molecule has 0 aliphatic carbocycles. The summed E-state index contributed by atoms with van der Waals surface area (Å²) in [4.78, 5) is 36.1. The minimum absolute atomic E-state index is 0.191. The average Bonchev–Trinajstić information content (AvgIpc) is 3.25. The van der Waals surface area contributed by atoms with Gasteiger partial charge in [0.15, 0.2) is 6.61 Å². The second-order valence-electron chi connectivity index (χ2n) is 6.37. The van der Waals surface area contributed by atoms with Gasteiger partial charge in [0.25, 0.3) is 11.6 Å². The van der Waals surface area contributed by atoms with Crippen LogP contribution in [-0.4, -0.2) is 23.4 Å². The molecule has 0 radical (unpaired) electrons. The lowest BCUT2D eigenvalue weighted by molar-refractivity contribution is -0.385. The predicted molar refractivity (Wildman–Crippen MR) is 109 cm³/mol. The molecule has 1 atom stereocenters. The molecule has 9 heteroatoms. The number of nitrogens with zero attached hydrogens (tertiary/aromatic N) is 1. The van der Waals surface area contributed by atoms with Crippen molar-refractivity contribution in [1.29, 1.82) is 0 Å². The van der Waals surface area contributed by atoms with Crippen LogP contribution >= 0.6 is 11.3 Å². The van der Waals surface area contributed by atoms with Gasteiger partial charge in [-0.15, -0.1) is 11.3 Å². The predicted octanol–water partition coefficient (Wildman–Crippen LogP) is 4.17. The van der Waals surface area contributed by atoms with Gasteiger partial charge in [-0.25, -0.2) is 9.18 Å². The van der Waals surface area contributed by atoms with E-state index in [4.69, 9.17) is 4.74 Å². The number of amides is 1. The van der Waals surface area contributed by atoms with Gasteiger partial charge in [-0.05, 0) is 41.6 Å². The number of hydrogen-bond acceptors (Lipinski definition) is 6. The van der Waals surface area contributed by atoms with Crippen molar-refractivity contribution in [3.8, 4) is 0 Å². The zero-order valence-electron chi connectivity index (χ0n) is 15.8. The lowest BCUT2D eigenvalue weighted by atomic mass is 10.1. The minimum atomic E-state index is -0.954. The zero-order valence-corrected chi connectivity index (χ0v) is 16.6. The van der Waals surface area contributed by atoms with Crippen molar-refractivity contribution < 1.29 is 23.6 Å². The molecule has 154 valence electrons. The summed E-state index contributed by atoms with van der Waals surface area (Å²) >= 11 is 1.41. The SMILES string of the molecule is Cc1cccc([N+](=O)[O-])c1C(=O)OCC(=O)NC(c1ccc(F)cc1)c1cccs1. The minimum Gasteiger partial charge on any atom is -0.452 e. The smallest absolute Gasteiger partial charge is 0.345 e. The Morgan fingerprint density at radius 3 is 2.53 bits per heavy atom. The number of nitro groups is 1. The molecule has 1 unspecified atom stereocenters. The van der Waals surface area contributed by atoms with Crippen LogP contribution in [0.25, 0.3) is 0 Å². The van der Waals surface area contributed by atoms with Crippen molar-refractivity contribution in [1.82, 2.24) is 5.32 Å². The van der Waals surface area contributed by atoms with Crippen LogP contribution in [-0.2, 0) is 9.53 Å². The Kier molecular flexibility index (Phi) is 6.53. The van der Waals surface area contributed by atoms with E-state index >= 15 is 0 Å². The molecule has 2 aromatic carbocycles. The van der Waals surface area contributed by atoms with Gasteiger partial charge < -0.3 is 10.1 Å². The number of nitro benzene ring substituents is 1. The number of carbonyl (C=O) groups is 2. The monoisotopic (exact) mass is 428 g/mol. The number of thiophene rings is 1. The standard InChI is InChI=1S/C21H17FN2O5S/c1-13-4-2-5-16(24(27)28)19(13)21(26)29-12-18(25)23-20(17-6-3-11-30-17)14-7-9-15(22)10-8-14/h2-11,20H,12H2,1H3,(H,23,25). The van der Waals surface area contributed by atoms with Crippen LogP contribution in [0.5, 0.6) is 0 Å². The van der Waals surface area contributed by atoms with Gasteiger partial charge in [0.2, 0.25) is 0 Å². The van der Waals surface area contributed by atoms with Gasteiger partial charge in [-0.1, -0.05) is 30.3 Å². The highest BCUT2D eigenvalue weighted by Gasteiger charge is 2.25. The molecule has 30 heavy (non-hydrogen) atoms. The number of esters is 1. The molecule has 1 amide bonds. The van der Waals surface area contributed by atoms with E-state index in [1.165, 1.54) is 35.6 Å². The highest BCUT2D eigenvalue weighted by atomic mass is 32.1. The summed E-state index contributed by atoms with van der Waals surface area (Å²) in [5.41, 5.74) is 0.456. The van der Waals surface area contributed by atoms with Crippen molar-refractivity contribution in [2.24, 2.45) is 0 Å². The fourth-order valence-corrected chi connectivity index (χ4v) is 3.71. The molecule has 0 saturated heterocycles. The molecule has 0 fully saturated rings. The zero-order chi connectivity index (χ0) is 21.7. The van der Waals surface area contributed by atoms with E-state index in [9.17, 15) is 24.1 Å². The molecular formula is C21H17FN2O5S. The number of benzene rings is 2. The fourth-order valence-electron chi connectivity index (χ4n) is 2.91. The van der Waals surface area contributed by atoms with Crippen LogP contribution in [0.3, 0.4) is 0 Å². The summed E-state index contributed by atoms with van der Waals surface area (Å²) < 4.78 is 18.3. The Hall–Kier alpha value is -3.59. The first-order valence-corrected chi connectivity index (χ1v) is 9.74. The Morgan fingerprint density at radius 2 is 1.90 bits per heavy atom. The maximum absolute atomic E-state index is 13.3. The van der Waals surface area contributed by atoms with Crippen molar-refractivity contribution in [3.05, 3.63) is 97.5 Å². The Balaban J connectivity index is 1.72. The van der Waals surface area contributed by atoms with Crippen LogP contribution in [0.15, 0.2) is 60.0 Å². The summed E-state index contributed by atoms with van der Waals surface area (Å²) in [5, 5.41) is 15.8. The van der Waals surface area contributed by atoms with E-state index in [1.807, 2.05) is 17.5 Å². The largest absolute Gasteiger partial charge is 0.452 e. The molecule has 7 nitrogen and oxygen atoms in total. The van der Waals surface area contributed by atoms with Gasteiger partial charge in [-0.3, -0.25) is 14.9 Å². The van der Waals surface area contributed by atoms with Gasteiger partial charge in [0, 0.05) is 10.9 Å². The van der Waals surface area contributed by atoms with Gasteiger partial charge in [0.05, 0.1) is 11.0 Å². The van der Waals surface area contributed by atoms with Gasteiger partial charge in [-0.2, -0.15) is 0 Å². The van der Waals surface area contributed by atoms with E-state index < -0.39 is 35.3 Å². The summed E-state index contributed by atoms with van der Waals surface area (Å²) in [6, 6.07) is 13.0. The lowest BCUT2D eigenvalue weighted by Crippen LogP contribution is -2.32. The van der Waals surface area contributed by atoms with E-state index in [2.05, 4.69) is 5.32 Å². The molecule has 0 aliphatic rings. The first kappa shape index (κ1) is 21.1. The molecule has 1 N–H and O–H groups in total. The highest BCUT2D eigenvalue weighted by molar-refractivity contribution is 7.10. The maximum Gasteiger partial charge on any atom is 0.345 e. The van der Waals surface area contributed by atoms with E-state index in [0.717, 1.165) is 4.88 Å². The van der Waals surface area contributed by atoms with Crippen LogP contribution in [0.4, 0.5) is 10.1 Å². The molecule has 0 bridgehead atoms. The third kappa shape index (κ3) is 4.87. The van der Waals surface area contributed by atoms with Gasteiger partial charge >= 0.3 is 5.97 Å². The number of carbonyl (C=O) groups excluding carboxylic acids is 2. The number of rotatable bonds is 7. The summed E-state index contributed by atoms with van der Waals surface area (Å²) in [6.07, 6.45) is 0. The number of nitrogens with one attached hydrogen (secondary N) is 1. The molecule has 1 aromatic heterocycles. The van der Waals surface area contributed by atoms with E-state index in [-0.39, 0.29) is 11.3 Å². The number of ether oxygens (including phenoxy) is 1. The molecule has 3 rings (SSSR count). The Bertz CT molecular complexity index is 1070. The summed E-state index contributed by atoms with van der Waals surface area (Å²) in [5.74, 6) is -1.95. The van der Waals surface area contributed by atoms with E-state index in [0.29, 0.717) is 11.1 Å². The Labute approximate surface area is 175 Å². The van der Waals surface area contributed by atoms with Crippen LogP contribution in [0.2, 0.25) is 0 Å². The van der Waals surface area contributed by atoms with Crippen LogP contribution < -0.4 is 5.32 Å². The quantitative estimate of drug-likeness (QED) is 0.346. The maximum atomic E-state index is 13.3. The average molecular weight is 428 g/mol. The van der Waals surface area contributed by atoms with Gasteiger partial charge in [0.1, 0.15) is 11.4 Å². The van der Waals surface area contributed by atoms with Crippen molar-refractivity contribution in [3.63, 3.8) is 0 Å². The molecule has 3 aromatic rings. The summed E-state index contributed by atoms with van der Waals surface area (Å²) in [7, 11) is 0. The third-order valence-corrected chi connectivity index (χ3v) is 5.26. The van der Waals surface area contributed by atoms with E-state index in [1.54, 1.807) is 25.1 Å².